The topological polar surface area (TPSA) is 35.6 Å². The van der Waals surface area contributed by atoms with Crippen LogP contribution in [0.15, 0.2) is 0 Å². The summed E-state index contributed by atoms with van der Waals surface area (Å²) >= 11 is 0. The maximum absolute atomic E-state index is 12.5. The van der Waals surface area contributed by atoms with Gasteiger partial charge in [-0.15, -0.1) is 0 Å². The molecule has 2 rings (SSSR count). The van der Waals surface area contributed by atoms with Crippen LogP contribution in [0.2, 0.25) is 0 Å². The van der Waals surface area contributed by atoms with Gasteiger partial charge in [-0.2, -0.15) is 0 Å². The number of amides is 1. The van der Waals surface area contributed by atoms with Crippen LogP contribution in [0.4, 0.5) is 0 Å². The molecule has 0 bridgehead atoms. The number of hydrogen-bond acceptors (Lipinski definition) is 3. The summed E-state index contributed by atoms with van der Waals surface area (Å²) < 4.78 is 0. The van der Waals surface area contributed by atoms with Crippen LogP contribution >= 0.6 is 0 Å². The van der Waals surface area contributed by atoms with Gasteiger partial charge in [0.2, 0.25) is 5.91 Å². The Morgan fingerprint density at radius 3 is 2.58 bits per heavy atom. The van der Waals surface area contributed by atoms with Gasteiger partial charge < -0.3 is 15.1 Å². The minimum atomic E-state index is 0.0906. The molecule has 0 aromatic carbocycles. The average molecular weight is 267 g/mol. The highest BCUT2D eigenvalue weighted by molar-refractivity contribution is 5.82. The van der Waals surface area contributed by atoms with E-state index in [2.05, 4.69) is 29.2 Å². The van der Waals surface area contributed by atoms with Gasteiger partial charge in [-0.05, 0) is 52.2 Å². The zero-order chi connectivity index (χ0) is 13.7. The van der Waals surface area contributed by atoms with E-state index in [0.717, 1.165) is 51.4 Å². The van der Waals surface area contributed by atoms with Crippen molar-refractivity contribution < 1.29 is 4.79 Å². The summed E-state index contributed by atoms with van der Waals surface area (Å²) in [6.45, 7) is 4.07. The van der Waals surface area contributed by atoms with Crippen LogP contribution in [0.1, 0.15) is 38.5 Å². The standard InChI is InChI=1S/C15H29N3O/c1-17(2)12-13-7-10-18(11-8-13)15(19)14-6-4-3-5-9-16-14/h13-14,16H,3-12H2,1-2H3. The number of rotatable bonds is 3. The Balaban J connectivity index is 1.78. The lowest BCUT2D eigenvalue weighted by molar-refractivity contribution is -0.135. The molecule has 1 atom stereocenters. The smallest absolute Gasteiger partial charge is 0.239 e. The fourth-order valence-corrected chi connectivity index (χ4v) is 3.31. The van der Waals surface area contributed by atoms with Gasteiger partial charge in [0.1, 0.15) is 0 Å². The SMILES string of the molecule is CN(C)CC1CCN(C(=O)C2CCCCCN2)CC1. The van der Waals surface area contributed by atoms with E-state index in [-0.39, 0.29) is 6.04 Å². The molecule has 19 heavy (non-hydrogen) atoms. The van der Waals surface area contributed by atoms with Crippen molar-refractivity contribution in [2.45, 2.75) is 44.6 Å². The minimum Gasteiger partial charge on any atom is -0.341 e. The molecular weight excluding hydrogens is 238 g/mol. The Kier molecular flexibility index (Phi) is 5.64. The first-order valence-electron chi connectivity index (χ1n) is 7.83. The average Bonchev–Trinajstić information content (AvgIpc) is 2.67. The molecule has 2 heterocycles. The number of nitrogens with zero attached hydrogens (tertiary/aromatic N) is 2. The lowest BCUT2D eigenvalue weighted by Gasteiger charge is -2.35. The largest absolute Gasteiger partial charge is 0.341 e. The third kappa shape index (κ3) is 4.46. The molecule has 2 fully saturated rings. The number of nitrogens with one attached hydrogen (secondary N) is 1. The van der Waals surface area contributed by atoms with E-state index in [0.29, 0.717) is 5.91 Å². The summed E-state index contributed by atoms with van der Waals surface area (Å²) in [5.41, 5.74) is 0. The van der Waals surface area contributed by atoms with Gasteiger partial charge in [0.15, 0.2) is 0 Å². The fraction of sp³-hybridized carbons (Fsp3) is 0.933. The van der Waals surface area contributed by atoms with Crippen LogP contribution in [0.5, 0.6) is 0 Å². The van der Waals surface area contributed by atoms with Crippen molar-refractivity contribution in [3.05, 3.63) is 0 Å². The third-order valence-corrected chi connectivity index (χ3v) is 4.41. The number of likely N-dealkylation sites (tertiary alicyclic amines) is 1. The summed E-state index contributed by atoms with van der Waals surface area (Å²) in [6, 6.07) is 0.0906. The predicted octanol–water partition coefficient (Wildman–Crippen LogP) is 1.32. The Morgan fingerprint density at radius 1 is 1.16 bits per heavy atom. The van der Waals surface area contributed by atoms with Gasteiger partial charge in [0.25, 0.3) is 0 Å². The number of carbonyl (C=O) groups excluding carboxylic acids is 1. The van der Waals surface area contributed by atoms with Crippen molar-refractivity contribution >= 4 is 5.91 Å². The van der Waals surface area contributed by atoms with Gasteiger partial charge in [0.05, 0.1) is 6.04 Å². The molecule has 1 unspecified atom stereocenters. The Hall–Kier alpha value is -0.610. The van der Waals surface area contributed by atoms with E-state index in [4.69, 9.17) is 0 Å². The molecule has 4 heteroatoms. The Morgan fingerprint density at radius 2 is 1.89 bits per heavy atom. The third-order valence-electron chi connectivity index (χ3n) is 4.41. The maximum Gasteiger partial charge on any atom is 0.239 e. The number of piperidine rings is 1. The van der Waals surface area contributed by atoms with Crippen LogP contribution in [0.25, 0.3) is 0 Å². The molecule has 0 saturated carbocycles. The second-order valence-corrected chi connectivity index (χ2v) is 6.39. The van der Waals surface area contributed by atoms with Crippen LogP contribution in [0, 0.1) is 5.92 Å². The zero-order valence-corrected chi connectivity index (χ0v) is 12.5. The molecular formula is C15H29N3O. The van der Waals surface area contributed by atoms with E-state index < -0.39 is 0 Å². The molecule has 4 nitrogen and oxygen atoms in total. The second kappa shape index (κ2) is 7.25. The van der Waals surface area contributed by atoms with E-state index in [1.807, 2.05) is 0 Å². The van der Waals surface area contributed by atoms with Crippen LogP contribution in [0.3, 0.4) is 0 Å². The fourth-order valence-electron chi connectivity index (χ4n) is 3.31. The molecule has 0 aromatic heterocycles. The van der Waals surface area contributed by atoms with E-state index in [1.165, 1.54) is 19.3 Å². The van der Waals surface area contributed by atoms with E-state index >= 15 is 0 Å². The van der Waals surface area contributed by atoms with Gasteiger partial charge in [-0.3, -0.25) is 4.79 Å². The first kappa shape index (κ1) is 14.8. The van der Waals surface area contributed by atoms with Crippen LogP contribution in [-0.2, 0) is 4.79 Å². The minimum absolute atomic E-state index is 0.0906. The van der Waals surface area contributed by atoms with Crippen LogP contribution in [-0.4, -0.2) is 62.0 Å². The predicted molar refractivity (Wildman–Crippen MR) is 78.1 cm³/mol. The molecule has 1 N–H and O–H groups in total. The molecule has 0 aromatic rings. The molecule has 0 spiro atoms. The Bertz CT molecular complexity index is 277. The first-order valence-corrected chi connectivity index (χ1v) is 7.83. The Labute approximate surface area is 117 Å². The highest BCUT2D eigenvalue weighted by atomic mass is 16.2. The second-order valence-electron chi connectivity index (χ2n) is 6.39. The molecule has 2 saturated heterocycles. The van der Waals surface area contributed by atoms with E-state index in [1.54, 1.807) is 0 Å². The number of hydrogen-bond donors (Lipinski definition) is 1. The van der Waals surface area contributed by atoms with Crippen molar-refractivity contribution in [1.82, 2.24) is 15.1 Å². The lowest BCUT2D eigenvalue weighted by Crippen LogP contribution is -2.49. The quantitative estimate of drug-likeness (QED) is 0.838. The summed E-state index contributed by atoms with van der Waals surface area (Å²) in [5.74, 6) is 1.12. The highest BCUT2D eigenvalue weighted by Crippen LogP contribution is 2.19. The van der Waals surface area contributed by atoms with Crippen LogP contribution < -0.4 is 5.32 Å². The highest BCUT2D eigenvalue weighted by Gasteiger charge is 2.28. The zero-order valence-electron chi connectivity index (χ0n) is 12.5. The molecule has 2 aliphatic rings. The van der Waals surface area contributed by atoms with Gasteiger partial charge in [-0.25, -0.2) is 0 Å². The summed E-state index contributed by atoms with van der Waals surface area (Å²) in [7, 11) is 4.26. The van der Waals surface area contributed by atoms with Crippen molar-refractivity contribution in [3.8, 4) is 0 Å². The monoisotopic (exact) mass is 267 g/mol. The van der Waals surface area contributed by atoms with Crippen molar-refractivity contribution in [2.24, 2.45) is 5.92 Å². The number of carbonyl (C=O) groups is 1. The maximum atomic E-state index is 12.5. The molecule has 0 radical (unpaired) electrons. The van der Waals surface area contributed by atoms with Gasteiger partial charge in [-0.1, -0.05) is 12.8 Å². The summed E-state index contributed by atoms with van der Waals surface area (Å²) in [5, 5.41) is 3.42. The molecule has 2 aliphatic heterocycles. The normalized spacial score (nSPS) is 26.5. The van der Waals surface area contributed by atoms with Crippen molar-refractivity contribution in [1.29, 1.82) is 0 Å². The van der Waals surface area contributed by atoms with Crippen molar-refractivity contribution in [3.63, 3.8) is 0 Å². The van der Waals surface area contributed by atoms with Crippen molar-refractivity contribution in [2.75, 3.05) is 40.3 Å². The van der Waals surface area contributed by atoms with Gasteiger partial charge in [0, 0.05) is 19.6 Å². The molecule has 1 amide bonds. The van der Waals surface area contributed by atoms with Gasteiger partial charge >= 0.3 is 0 Å². The summed E-state index contributed by atoms with van der Waals surface area (Å²) in [4.78, 5) is 16.8. The lowest BCUT2D eigenvalue weighted by atomic mass is 9.95. The van der Waals surface area contributed by atoms with E-state index in [9.17, 15) is 4.79 Å². The first-order chi connectivity index (χ1) is 9.16. The molecule has 110 valence electrons. The molecule has 0 aliphatic carbocycles. The summed E-state index contributed by atoms with van der Waals surface area (Å²) in [6.07, 6.45) is 7.03.